The Morgan fingerprint density at radius 3 is 2.11 bits per heavy atom. The van der Waals surface area contributed by atoms with Gasteiger partial charge in [-0.05, 0) is 51.4 Å². The first-order chi connectivity index (χ1) is 12.4. The van der Waals surface area contributed by atoms with Crippen LogP contribution in [0.3, 0.4) is 0 Å². The molecule has 0 bridgehead atoms. The van der Waals surface area contributed by atoms with Crippen molar-refractivity contribution in [3.63, 3.8) is 0 Å². The molecule has 0 aromatic rings. The van der Waals surface area contributed by atoms with Crippen molar-refractivity contribution >= 4 is 22.5 Å². The molecule has 160 valence electrons. The summed E-state index contributed by atoms with van der Waals surface area (Å²) in [6.07, 6.45) is 4.48. The molecule has 6 heteroatoms. The highest BCUT2D eigenvalue weighted by Gasteiger charge is 2.43. The van der Waals surface area contributed by atoms with Crippen LogP contribution in [-0.2, 0) is 9.16 Å². The van der Waals surface area contributed by atoms with E-state index in [1.54, 1.807) is 4.90 Å². The fourth-order valence-corrected chi connectivity index (χ4v) is 4.51. The number of amides is 1. The molecule has 0 radical (unpaired) electrons. The average molecular weight is 424 g/mol. The molecule has 1 aliphatic heterocycles. The largest absolute Gasteiger partial charge is 0.444 e. The van der Waals surface area contributed by atoms with Crippen LogP contribution in [0.4, 0.5) is 4.79 Å². The molecule has 0 aromatic carbocycles. The Morgan fingerprint density at radius 2 is 1.64 bits per heavy atom. The molecular formula is C22H41NO3Si2. The monoisotopic (exact) mass is 423 g/mol. The summed E-state index contributed by atoms with van der Waals surface area (Å²) in [6, 6.07) is -0.0412. The van der Waals surface area contributed by atoms with Gasteiger partial charge in [0.15, 0.2) is 8.32 Å². The van der Waals surface area contributed by atoms with Crippen molar-refractivity contribution in [1.29, 1.82) is 0 Å². The zero-order valence-corrected chi connectivity index (χ0v) is 21.9. The van der Waals surface area contributed by atoms with Gasteiger partial charge in [0.25, 0.3) is 0 Å². The molecule has 0 spiro atoms. The molecule has 28 heavy (non-hydrogen) atoms. The minimum Gasteiger partial charge on any atom is -0.444 e. The van der Waals surface area contributed by atoms with E-state index in [0.717, 1.165) is 6.42 Å². The summed E-state index contributed by atoms with van der Waals surface area (Å²) in [5, 5.41) is 0.139. The van der Waals surface area contributed by atoms with Crippen LogP contribution in [0.25, 0.3) is 0 Å². The van der Waals surface area contributed by atoms with Crippen molar-refractivity contribution in [1.82, 2.24) is 4.90 Å². The predicted molar refractivity (Wildman–Crippen MR) is 124 cm³/mol. The van der Waals surface area contributed by atoms with E-state index in [1.165, 1.54) is 0 Å². The highest BCUT2D eigenvalue weighted by Crippen LogP contribution is 2.39. The minimum absolute atomic E-state index is 0.0352. The SMILES string of the molecule is CC(C)(C)OC(=O)N1C[C@H](O[Si](C)(C)C(C)(C)C)C[C@H]1/C=C\C#C[Si](C)(C)C. The fraction of sp³-hybridized carbons (Fsp3) is 0.773. The minimum atomic E-state index is -1.90. The Labute approximate surface area is 175 Å². The van der Waals surface area contributed by atoms with Crippen molar-refractivity contribution in [2.24, 2.45) is 0 Å². The number of carbonyl (C=O) groups excluding carboxylic acids is 1. The van der Waals surface area contributed by atoms with E-state index >= 15 is 0 Å². The van der Waals surface area contributed by atoms with E-state index in [2.05, 4.69) is 65.0 Å². The number of ether oxygens (including phenoxy) is 1. The van der Waals surface area contributed by atoms with E-state index in [0.29, 0.717) is 6.54 Å². The van der Waals surface area contributed by atoms with E-state index in [-0.39, 0.29) is 23.3 Å². The number of rotatable bonds is 3. The van der Waals surface area contributed by atoms with Crippen molar-refractivity contribution < 1.29 is 14.0 Å². The van der Waals surface area contributed by atoms with Gasteiger partial charge in [-0.25, -0.2) is 4.79 Å². The van der Waals surface area contributed by atoms with E-state index in [9.17, 15) is 4.79 Å². The van der Waals surface area contributed by atoms with Gasteiger partial charge in [0.2, 0.25) is 0 Å². The lowest BCUT2D eigenvalue weighted by atomic mass is 10.2. The molecule has 1 saturated heterocycles. The van der Waals surface area contributed by atoms with Crippen LogP contribution in [0.1, 0.15) is 48.0 Å². The highest BCUT2D eigenvalue weighted by molar-refractivity contribution is 6.83. The van der Waals surface area contributed by atoms with Gasteiger partial charge < -0.3 is 9.16 Å². The summed E-state index contributed by atoms with van der Waals surface area (Å²) >= 11 is 0. The molecular weight excluding hydrogens is 382 g/mol. The maximum Gasteiger partial charge on any atom is 0.410 e. The van der Waals surface area contributed by atoms with Crippen molar-refractivity contribution in [2.45, 2.75) is 103 Å². The van der Waals surface area contributed by atoms with Crippen LogP contribution < -0.4 is 0 Å². The first-order valence-corrected chi connectivity index (χ1v) is 16.7. The van der Waals surface area contributed by atoms with E-state index < -0.39 is 22.0 Å². The number of hydrogen-bond donors (Lipinski definition) is 0. The molecule has 1 fully saturated rings. The normalized spacial score (nSPS) is 21.6. The van der Waals surface area contributed by atoms with Gasteiger partial charge in [-0.1, -0.05) is 52.4 Å². The molecule has 1 rings (SSSR count). The standard InChI is InChI=1S/C22H41NO3Si2/c1-21(2,3)25-20(24)23-17-19(26-28(10,11)22(4,5)6)16-18(23)14-12-13-15-27(7,8)9/h12,14,18-19H,16-17H2,1-11H3/b14-12-/t18-,19-/m1/s1. The third kappa shape index (κ3) is 8.14. The number of allylic oxidation sites excluding steroid dienone is 1. The van der Waals surface area contributed by atoms with Gasteiger partial charge in [-0.15, -0.1) is 5.54 Å². The lowest BCUT2D eigenvalue weighted by molar-refractivity contribution is 0.0237. The first kappa shape index (κ1) is 25.0. The lowest BCUT2D eigenvalue weighted by Crippen LogP contribution is -2.45. The maximum absolute atomic E-state index is 12.8. The summed E-state index contributed by atoms with van der Waals surface area (Å²) < 4.78 is 12.2. The number of likely N-dealkylation sites (tertiary alicyclic amines) is 1. The van der Waals surface area contributed by atoms with Crippen LogP contribution in [0.15, 0.2) is 12.2 Å². The van der Waals surface area contributed by atoms with Crippen LogP contribution >= 0.6 is 0 Å². The quantitative estimate of drug-likeness (QED) is 0.424. The van der Waals surface area contributed by atoms with E-state index in [4.69, 9.17) is 9.16 Å². The van der Waals surface area contributed by atoms with Gasteiger partial charge in [-0.2, -0.15) is 0 Å². The second kappa shape index (κ2) is 8.77. The molecule has 0 N–H and O–H groups in total. The molecule has 1 heterocycles. The van der Waals surface area contributed by atoms with Gasteiger partial charge in [-0.3, -0.25) is 4.90 Å². The highest BCUT2D eigenvalue weighted by atomic mass is 28.4. The summed E-state index contributed by atoms with van der Waals surface area (Å²) in [5.41, 5.74) is 2.83. The fourth-order valence-electron chi connectivity index (χ4n) is 2.64. The van der Waals surface area contributed by atoms with Crippen LogP contribution in [-0.4, -0.2) is 51.7 Å². The molecule has 1 amide bonds. The third-order valence-corrected chi connectivity index (χ3v) is 10.5. The van der Waals surface area contributed by atoms with Crippen molar-refractivity contribution in [3.05, 3.63) is 12.2 Å². The molecule has 2 atom stereocenters. The zero-order valence-electron chi connectivity index (χ0n) is 19.9. The average Bonchev–Trinajstić information content (AvgIpc) is 2.81. The molecule has 4 nitrogen and oxygen atoms in total. The first-order valence-electron chi connectivity index (χ1n) is 10.3. The smallest absolute Gasteiger partial charge is 0.410 e. The predicted octanol–water partition coefficient (Wildman–Crippen LogP) is 5.82. The van der Waals surface area contributed by atoms with Gasteiger partial charge in [0.1, 0.15) is 13.7 Å². The van der Waals surface area contributed by atoms with Gasteiger partial charge in [0, 0.05) is 6.54 Å². The topological polar surface area (TPSA) is 38.8 Å². The summed E-state index contributed by atoms with van der Waals surface area (Å²) in [7, 11) is -3.31. The maximum atomic E-state index is 12.8. The Kier molecular flexibility index (Phi) is 7.83. The Balaban J connectivity index is 2.99. The van der Waals surface area contributed by atoms with Crippen LogP contribution in [0.2, 0.25) is 37.8 Å². The molecule has 0 aliphatic carbocycles. The summed E-state index contributed by atoms with van der Waals surface area (Å²) in [5.74, 6) is 3.17. The Hall–Kier alpha value is -1.04. The molecule has 0 saturated carbocycles. The lowest BCUT2D eigenvalue weighted by Gasteiger charge is -2.38. The van der Waals surface area contributed by atoms with Crippen LogP contribution in [0, 0.1) is 11.5 Å². The third-order valence-electron chi connectivity index (χ3n) is 5.05. The molecule has 0 aromatic heterocycles. The van der Waals surface area contributed by atoms with E-state index in [1.807, 2.05) is 32.9 Å². The van der Waals surface area contributed by atoms with Crippen molar-refractivity contribution in [2.75, 3.05) is 6.54 Å². The van der Waals surface area contributed by atoms with Crippen LogP contribution in [0.5, 0.6) is 0 Å². The Bertz CT molecular complexity index is 640. The number of hydrogen-bond acceptors (Lipinski definition) is 3. The van der Waals surface area contributed by atoms with Gasteiger partial charge in [0.05, 0.1) is 12.1 Å². The number of carbonyl (C=O) groups is 1. The second-order valence-electron chi connectivity index (χ2n) is 11.3. The second-order valence-corrected chi connectivity index (χ2v) is 20.8. The molecule has 1 aliphatic rings. The number of nitrogens with zero attached hydrogens (tertiary/aromatic N) is 1. The van der Waals surface area contributed by atoms with Crippen molar-refractivity contribution in [3.8, 4) is 11.5 Å². The molecule has 0 unspecified atom stereocenters. The van der Waals surface area contributed by atoms with Gasteiger partial charge >= 0.3 is 6.09 Å². The summed E-state index contributed by atoms with van der Waals surface area (Å²) in [4.78, 5) is 14.6. The summed E-state index contributed by atoms with van der Waals surface area (Å²) in [6.45, 7) is 24.2. The Morgan fingerprint density at radius 1 is 1.07 bits per heavy atom. The zero-order chi connectivity index (χ0) is 22.0.